The van der Waals surface area contributed by atoms with Crippen LogP contribution in [0.15, 0.2) is 23.5 Å². The van der Waals surface area contributed by atoms with E-state index in [1.54, 1.807) is 39.1 Å². The number of nitrogens with one attached hydrogen (secondary N) is 1. The molecule has 0 saturated heterocycles. The van der Waals surface area contributed by atoms with Crippen LogP contribution in [-0.4, -0.2) is 27.5 Å². The van der Waals surface area contributed by atoms with Crippen LogP contribution >= 0.6 is 0 Å². The molecule has 0 bridgehead atoms. The third-order valence-electron chi connectivity index (χ3n) is 1.55. The zero-order valence-electron chi connectivity index (χ0n) is 8.94. The molecule has 0 aliphatic heterocycles. The van der Waals surface area contributed by atoms with Gasteiger partial charge in [-0.3, -0.25) is 0 Å². The number of hydrogen-bond acceptors (Lipinski definition) is 4. The molecule has 0 amide bonds. The van der Waals surface area contributed by atoms with Crippen molar-refractivity contribution in [2.24, 2.45) is 5.16 Å². The Balaban J connectivity index is 2.83. The second-order valence-electron chi connectivity index (χ2n) is 4.03. The summed E-state index contributed by atoms with van der Waals surface area (Å²) in [6.07, 6.45) is 1.63. The minimum Gasteiger partial charge on any atom is -0.455 e. The van der Waals surface area contributed by atoms with Crippen LogP contribution in [0.1, 0.15) is 26.5 Å². The topological polar surface area (TPSA) is 74.7 Å². The molecule has 0 atom stereocenters. The SMILES string of the molecule is CC(C)(C)OC(=O)/C(=N/O)c1ccc[nH]1. The summed E-state index contributed by atoms with van der Waals surface area (Å²) in [7, 11) is 0. The van der Waals surface area contributed by atoms with Gasteiger partial charge in [0.2, 0.25) is 5.71 Å². The van der Waals surface area contributed by atoms with Crippen molar-refractivity contribution in [3.63, 3.8) is 0 Å². The maximum absolute atomic E-state index is 11.6. The number of esters is 1. The Hall–Kier alpha value is -1.78. The van der Waals surface area contributed by atoms with E-state index in [0.717, 1.165) is 0 Å². The molecule has 0 aromatic carbocycles. The second-order valence-corrected chi connectivity index (χ2v) is 4.03. The summed E-state index contributed by atoms with van der Waals surface area (Å²) in [5, 5.41) is 11.7. The van der Waals surface area contributed by atoms with E-state index in [-0.39, 0.29) is 5.71 Å². The van der Waals surface area contributed by atoms with Gasteiger partial charge in [-0.1, -0.05) is 5.16 Å². The highest BCUT2D eigenvalue weighted by molar-refractivity contribution is 6.42. The molecular formula is C10H14N2O3. The zero-order chi connectivity index (χ0) is 11.5. The average Bonchev–Trinajstić information content (AvgIpc) is 2.54. The van der Waals surface area contributed by atoms with Crippen LogP contribution < -0.4 is 0 Å². The van der Waals surface area contributed by atoms with Gasteiger partial charge in [-0.25, -0.2) is 4.79 Å². The van der Waals surface area contributed by atoms with Crippen LogP contribution in [0.5, 0.6) is 0 Å². The number of aromatic nitrogens is 1. The van der Waals surface area contributed by atoms with E-state index >= 15 is 0 Å². The summed E-state index contributed by atoms with van der Waals surface area (Å²) >= 11 is 0. The van der Waals surface area contributed by atoms with Crippen molar-refractivity contribution >= 4 is 11.7 Å². The summed E-state index contributed by atoms with van der Waals surface area (Å²) in [5.41, 5.74) is -0.318. The molecule has 0 aliphatic carbocycles. The monoisotopic (exact) mass is 210 g/mol. The first-order valence-corrected chi connectivity index (χ1v) is 4.53. The first kappa shape index (κ1) is 11.3. The molecule has 1 heterocycles. The maximum atomic E-state index is 11.6. The van der Waals surface area contributed by atoms with Crippen LogP contribution in [0.4, 0.5) is 0 Å². The van der Waals surface area contributed by atoms with Crippen molar-refractivity contribution in [1.82, 2.24) is 4.98 Å². The lowest BCUT2D eigenvalue weighted by molar-refractivity contribution is -0.146. The molecule has 1 rings (SSSR count). The van der Waals surface area contributed by atoms with Crippen molar-refractivity contribution in [3.05, 3.63) is 24.0 Å². The third-order valence-corrected chi connectivity index (χ3v) is 1.55. The largest absolute Gasteiger partial charge is 0.455 e. The standard InChI is InChI=1S/C10H14N2O3/c1-10(2,3)15-9(13)8(12-14)7-5-4-6-11-7/h4-6,11,14H,1-3H3/b12-8+. The first-order chi connectivity index (χ1) is 6.94. The highest BCUT2D eigenvalue weighted by atomic mass is 16.6. The van der Waals surface area contributed by atoms with Crippen molar-refractivity contribution in [2.75, 3.05) is 0 Å². The summed E-state index contributed by atoms with van der Waals surface area (Å²) in [4.78, 5) is 14.3. The van der Waals surface area contributed by atoms with Crippen molar-refractivity contribution in [1.29, 1.82) is 0 Å². The molecule has 2 N–H and O–H groups in total. The lowest BCUT2D eigenvalue weighted by atomic mass is 10.2. The van der Waals surface area contributed by atoms with Gasteiger partial charge in [-0.05, 0) is 32.9 Å². The van der Waals surface area contributed by atoms with Crippen molar-refractivity contribution < 1.29 is 14.7 Å². The Morgan fingerprint density at radius 1 is 1.53 bits per heavy atom. The van der Waals surface area contributed by atoms with E-state index < -0.39 is 11.6 Å². The minimum atomic E-state index is -0.660. The Bertz CT molecular complexity index is 361. The van der Waals surface area contributed by atoms with E-state index in [2.05, 4.69) is 10.1 Å². The van der Waals surface area contributed by atoms with E-state index in [1.165, 1.54) is 0 Å². The summed E-state index contributed by atoms with van der Waals surface area (Å²) in [5.74, 6) is -0.660. The Labute approximate surface area is 87.7 Å². The van der Waals surface area contributed by atoms with E-state index in [0.29, 0.717) is 5.69 Å². The lowest BCUT2D eigenvalue weighted by Gasteiger charge is -2.19. The van der Waals surface area contributed by atoms with Crippen molar-refractivity contribution in [2.45, 2.75) is 26.4 Å². The fourth-order valence-electron chi connectivity index (χ4n) is 1.01. The predicted molar refractivity (Wildman–Crippen MR) is 55.0 cm³/mol. The molecule has 0 radical (unpaired) electrons. The summed E-state index contributed by atoms with van der Waals surface area (Å²) < 4.78 is 5.06. The molecule has 0 spiro atoms. The molecule has 1 aromatic rings. The number of H-pyrrole nitrogens is 1. The van der Waals surface area contributed by atoms with Gasteiger partial charge in [0.1, 0.15) is 5.60 Å². The van der Waals surface area contributed by atoms with Crippen molar-refractivity contribution in [3.8, 4) is 0 Å². The number of aromatic amines is 1. The third kappa shape index (κ3) is 3.12. The van der Waals surface area contributed by atoms with Crippen LogP contribution in [0.2, 0.25) is 0 Å². The lowest BCUT2D eigenvalue weighted by Crippen LogP contribution is -2.29. The Kier molecular flexibility index (Phi) is 3.14. The molecule has 0 unspecified atom stereocenters. The highest BCUT2D eigenvalue weighted by Gasteiger charge is 2.23. The number of carbonyl (C=O) groups is 1. The predicted octanol–water partition coefficient (Wildman–Crippen LogP) is 1.53. The Morgan fingerprint density at radius 3 is 2.60 bits per heavy atom. The second kappa shape index (κ2) is 4.16. The molecule has 82 valence electrons. The van der Waals surface area contributed by atoms with Crippen LogP contribution in [-0.2, 0) is 9.53 Å². The average molecular weight is 210 g/mol. The van der Waals surface area contributed by atoms with Gasteiger partial charge >= 0.3 is 5.97 Å². The molecule has 1 aromatic heterocycles. The van der Waals surface area contributed by atoms with Gasteiger partial charge in [-0.15, -0.1) is 0 Å². The highest BCUT2D eigenvalue weighted by Crippen LogP contribution is 2.09. The van der Waals surface area contributed by atoms with Gasteiger partial charge in [0.15, 0.2) is 0 Å². The molecule has 0 fully saturated rings. The number of ether oxygens (including phenoxy) is 1. The van der Waals surface area contributed by atoms with E-state index in [1.807, 2.05) is 0 Å². The van der Waals surface area contributed by atoms with Gasteiger partial charge < -0.3 is 14.9 Å². The zero-order valence-corrected chi connectivity index (χ0v) is 8.94. The van der Waals surface area contributed by atoms with Gasteiger partial charge in [0.05, 0.1) is 5.69 Å². The quantitative estimate of drug-likeness (QED) is 0.336. The van der Waals surface area contributed by atoms with Gasteiger partial charge in [-0.2, -0.15) is 0 Å². The molecule has 5 heteroatoms. The number of nitrogens with zero attached hydrogens (tertiary/aromatic N) is 1. The fraction of sp³-hybridized carbons (Fsp3) is 0.400. The smallest absolute Gasteiger partial charge is 0.363 e. The number of oxime groups is 1. The summed E-state index contributed by atoms with van der Waals surface area (Å²) in [6.45, 7) is 5.23. The van der Waals surface area contributed by atoms with E-state index in [9.17, 15) is 4.79 Å². The first-order valence-electron chi connectivity index (χ1n) is 4.53. The molecule has 15 heavy (non-hydrogen) atoms. The number of rotatable bonds is 2. The normalized spacial score (nSPS) is 12.6. The molecule has 5 nitrogen and oxygen atoms in total. The Morgan fingerprint density at radius 2 is 2.20 bits per heavy atom. The van der Waals surface area contributed by atoms with E-state index in [4.69, 9.17) is 9.94 Å². The minimum absolute atomic E-state index is 0.130. The summed E-state index contributed by atoms with van der Waals surface area (Å²) in [6, 6.07) is 3.32. The number of carbonyl (C=O) groups excluding carboxylic acids is 1. The van der Waals surface area contributed by atoms with Gasteiger partial charge in [0.25, 0.3) is 0 Å². The van der Waals surface area contributed by atoms with Crippen LogP contribution in [0.3, 0.4) is 0 Å². The maximum Gasteiger partial charge on any atom is 0.363 e. The number of hydrogen-bond donors (Lipinski definition) is 2. The molecule has 0 saturated carbocycles. The molecular weight excluding hydrogens is 196 g/mol. The van der Waals surface area contributed by atoms with Gasteiger partial charge in [0, 0.05) is 6.20 Å². The van der Waals surface area contributed by atoms with Crippen LogP contribution in [0, 0.1) is 0 Å². The molecule has 0 aliphatic rings. The fourth-order valence-corrected chi connectivity index (χ4v) is 1.01. The van der Waals surface area contributed by atoms with Crippen LogP contribution in [0.25, 0.3) is 0 Å².